The van der Waals surface area contributed by atoms with E-state index >= 15 is 0 Å². The van der Waals surface area contributed by atoms with Gasteiger partial charge in [0.05, 0.1) is 0 Å². The van der Waals surface area contributed by atoms with Crippen LogP contribution in [0.5, 0.6) is 0 Å². The minimum atomic E-state index is 1.21. The SMILES string of the molecule is CC.CCC/C(C)=C(\CCC)c1c(C)ccc(C)c1C. The molecular formula is C20H34. The summed E-state index contributed by atoms with van der Waals surface area (Å²) >= 11 is 0. The highest BCUT2D eigenvalue weighted by Crippen LogP contribution is 2.32. The molecule has 1 aromatic rings. The molecule has 0 aliphatic carbocycles. The molecule has 0 atom stereocenters. The Bertz CT molecular complexity index is 436. The molecule has 0 spiro atoms. The molecule has 0 saturated heterocycles. The van der Waals surface area contributed by atoms with Crippen LogP contribution in [0.4, 0.5) is 0 Å². The molecule has 0 saturated carbocycles. The lowest BCUT2D eigenvalue weighted by atomic mass is 9.87. The van der Waals surface area contributed by atoms with E-state index in [1.54, 1.807) is 11.1 Å². The highest BCUT2D eigenvalue weighted by molar-refractivity contribution is 5.74. The van der Waals surface area contributed by atoms with Crippen LogP contribution < -0.4 is 0 Å². The quantitative estimate of drug-likeness (QED) is 0.541. The molecule has 114 valence electrons. The summed E-state index contributed by atoms with van der Waals surface area (Å²) in [6.45, 7) is 17.6. The summed E-state index contributed by atoms with van der Waals surface area (Å²) in [5.41, 5.74) is 9.00. The van der Waals surface area contributed by atoms with E-state index in [-0.39, 0.29) is 0 Å². The molecule has 0 unspecified atom stereocenters. The normalized spacial score (nSPS) is 11.6. The molecule has 1 aromatic carbocycles. The molecule has 0 heterocycles. The van der Waals surface area contributed by atoms with Crippen LogP contribution in [0.1, 0.15) is 82.6 Å². The summed E-state index contributed by atoms with van der Waals surface area (Å²) < 4.78 is 0. The van der Waals surface area contributed by atoms with Crippen LogP contribution in [0, 0.1) is 20.8 Å². The molecule has 0 aliphatic heterocycles. The van der Waals surface area contributed by atoms with Gasteiger partial charge in [0, 0.05) is 0 Å². The molecule has 0 radical (unpaired) electrons. The van der Waals surface area contributed by atoms with Gasteiger partial charge in [0.2, 0.25) is 0 Å². The van der Waals surface area contributed by atoms with Gasteiger partial charge in [0.25, 0.3) is 0 Å². The third kappa shape index (κ3) is 4.81. The van der Waals surface area contributed by atoms with Crippen molar-refractivity contribution in [1.82, 2.24) is 0 Å². The minimum Gasteiger partial charge on any atom is -0.0695 e. The van der Waals surface area contributed by atoms with E-state index in [0.29, 0.717) is 0 Å². The average molecular weight is 274 g/mol. The van der Waals surface area contributed by atoms with Crippen molar-refractivity contribution in [2.75, 3.05) is 0 Å². The van der Waals surface area contributed by atoms with Gasteiger partial charge in [-0.15, -0.1) is 0 Å². The Hall–Kier alpha value is -1.04. The maximum atomic E-state index is 2.32. The van der Waals surface area contributed by atoms with Crippen LogP contribution in [-0.4, -0.2) is 0 Å². The van der Waals surface area contributed by atoms with Gasteiger partial charge in [-0.05, 0) is 68.4 Å². The molecule has 20 heavy (non-hydrogen) atoms. The first kappa shape index (κ1) is 19.0. The van der Waals surface area contributed by atoms with Crippen molar-refractivity contribution in [2.24, 2.45) is 0 Å². The van der Waals surface area contributed by atoms with Gasteiger partial charge >= 0.3 is 0 Å². The lowest BCUT2D eigenvalue weighted by Gasteiger charge is -2.18. The van der Waals surface area contributed by atoms with E-state index in [4.69, 9.17) is 0 Å². The standard InChI is InChI=1S/C18H28.C2H6/c1-7-9-14(4)17(10-8-2)18-15(5)12-11-13(3)16(18)6;1-2/h11-12H,7-10H2,1-6H3;1-2H3/b17-14+;. The Morgan fingerprint density at radius 2 is 1.35 bits per heavy atom. The highest BCUT2D eigenvalue weighted by atomic mass is 14.2. The molecular weight excluding hydrogens is 240 g/mol. The van der Waals surface area contributed by atoms with E-state index in [0.717, 1.165) is 0 Å². The number of aryl methyl sites for hydroxylation is 2. The van der Waals surface area contributed by atoms with Gasteiger partial charge in [0.1, 0.15) is 0 Å². The molecule has 0 nitrogen and oxygen atoms in total. The first-order valence-corrected chi connectivity index (χ1v) is 8.28. The predicted octanol–water partition coefficient (Wildman–Crippen LogP) is 7.01. The van der Waals surface area contributed by atoms with Crippen LogP contribution in [0.15, 0.2) is 17.7 Å². The largest absolute Gasteiger partial charge is 0.0695 e. The molecule has 0 aliphatic rings. The second kappa shape index (κ2) is 9.80. The van der Waals surface area contributed by atoms with Crippen LogP contribution in [-0.2, 0) is 0 Å². The second-order valence-corrected chi connectivity index (χ2v) is 5.46. The smallest absolute Gasteiger partial charge is 0.0164 e. The zero-order valence-corrected chi connectivity index (χ0v) is 15.0. The highest BCUT2D eigenvalue weighted by Gasteiger charge is 2.12. The van der Waals surface area contributed by atoms with Crippen LogP contribution in [0.25, 0.3) is 5.57 Å². The monoisotopic (exact) mass is 274 g/mol. The van der Waals surface area contributed by atoms with Crippen molar-refractivity contribution in [3.63, 3.8) is 0 Å². The zero-order chi connectivity index (χ0) is 15.7. The number of hydrogen-bond donors (Lipinski definition) is 0. The van der Waals surface area contributed by atoms with Crippen molar-refractivity contribution in [2.45, 2.75) is 81.1 Å². The maximum Gasteiger partial charge on any atom is -0.0164 e. The van der Waals surface area contributed by atoms with Crippen LogP contribution in [0.3, 0.4) is 0 Å². The Morgan fingerprint density at radius 3 is 1.85 bits per heavy atom. The van der Waals surface area contributed by atoms with E-state index in [2.05, 4.69) is 53.7 Å². The van der Waals surface area contributed by atoms with E-state index in [1.807, 2.05) is 13.8 Å². The Balaban J connectivity index is 0.00000172. The van der Waals surface area contributed by atoms with Crippen LogP contribution in [0.2, 0.25) is 0 Å². The fraction of sp³-hybridized carbons (Fsp3) is 0.600. The first-order valence-electron chi connectivity index (χ1n) is 8.28. The van der Waals surface area contributed by atoms with Gasteiger partial charge < -0.3 is 0 Å². The third-order valence-corrected chi connectivity index (χ3v) is 3.89. The summed E-state index contributed by atoms with van der Waals surface area (Å²) in [4.78, 5) is 0. The van der Waals surface area contributed by atoms with Gasteiger partial charge in [-0.3, -0.25) is 0 Å². The lowest BCUT2D eigenvalue weighted by Crippen LogP contribution is -1.98. The van der Waals surface area contributed by atoms with Gasteiger partial charge in [-0.25, -0.2) is 0 Å². The summed E-state index contributed by atoms with van der Waals surface area (Å²) in [6.07, 6.45) is 4.89. The summed E-state index contributed by atoms with van der Waals surface area (Å²) in [5.74, 6) is 0. The topological polar surface area (TPSA) is 0 Å². The fourth-order valence-electron chi connectivity index (χ4n) is 2.74. The second-order valence-electron chi connectivity index (χ2n) is 5.46. The molecule has 0 N–H and O–H groups in total. The Morgan fingerprint density at radius 1 is 0.850 bits per heavy atom. The summed E-state index contributed by atoms with van der Waals surface area (Å²) in [7, 11) is 0. The summed E-state index contributed by atoms with van der Waals surface area (Å²) in [5, 5.41) is 0. The molecule has 0 aromatic heterocycles. The number of rotatable bonds is 5. The van der Waals surface area contributed by atoms with E-state index in [9.17, 15) is 0 Å². The predicted molar refractivity (Wildman–Crippen MR) is 94.4 cm³/mol. The first-order chi connectivity index (χ1) is 9.52. The fourth-order valence-corrected chi connectivity index (χ4v) is 2.74. The molecule has 1 rings (SSSR count). The molecule has 0 heteroatoms. The Kier molecular flexibility index (Phi) is 9.29. The van der Waals surface area contributed by atoms with E-state index in [1.165, 1.54) is 47.9 Å². The maximum absolute atomic E-state index is 2.32. The third-order valence-electron chi connectivity index (χ3n) is 3.89. The van der Waals surface area contributed by atoms with Crippen molar-refractivity contribution >= 4 is 5.57 Å². The summed E-state index contributed by atoms with van der Waals surface area (Å²) in [6, 6.07) is 4.51. The Labute approximate surface area is 127 Å². The molecule has 0 bridgehead atoms. The van der Waals surface area contributed by atoms with Crippen molar-refractivity contribution < 1.29 is 0 Å². The van der Waals surface area contributed by atoms with Crippen molar-refractivity contribution in [3.05, 3.63) is 40.0 Å². The van der Waals surface area contributed by atoms with E-state index < -0.39 is 0 Å². The number of hydrogen-bond acceptors (Lipinski definition) is 0. The van der Waals surface area contributed by atoms with Crippen LogP contribution >= 0.6 is 0 Å². The minimum absolute atomic E-state index is 1.21. The molecule has 0 amide bonds. The number of benzene rings is 1. The van der Waals surface area contributed by atoms with Crippen molar-refractivity contribution in [1.29, 1.82) is 0 Å². The number of allylic oxidation sites excluding steroid dienone is 2. The van der Waals surface area contributed by atoms with Gasteiger partial charge in [-0.1, -0.05) is 58.2 Å². The average Bonchev–Trinajstić information content (AvgIpc) is 2.45. The molecule has 0 fully saturated rings. The lowest BCUT2D eigenvalue weighted by molar-refractivity contribution is 0.885. The zero-order valence-electron chi connectivity index (χ0n) is 15.0. The van der Waals surface area contributed by atoms with Gasteiger partial charge in [0.15, 0.2) is 0 Å². The van der Waals surface area contributed by atoms with Crippen molar-refractivity contribution in [3.8, 4) is 0 Å². The van der Waals surface area contributed by atoms with Gasteiger partial charge in [-0.2, -0.15) is 0 Å².